The molecule has 5 rings (SSSR count). The second-order valence-electron chi connectivity index (χ2n) is 7.28. The zero-order valence-electron chi connectivity index (χ0n) is 17.4. The number of anilines is 1. The Hall–Kier alpha value is -4.26. The molecule has 0 atom stereocenters. The zero-order valence-corrected chi connectivity index (χ0v) is 17.4. The van der Waals surface area contributed by atoms with Crippen molar-refractivity contribution in [2.24, 2.45) is 0 Å². The van der Waals surface area contributed by atoms with Crippen molar-refractivity contribution in [1.82, 2.24) is 9.97 Å². The van der Waals surface area contributed by atoms with Gasteiger partial charge in [-0.2, -0.15) is 0 Å². The summed E-state index contributed by atoms with van der Waals surface area (Å²) in [5.41, 5.74) is 4.07. The van der Waals surface area contributed by atoms with Crippen molar-refractivity contribution in [2.75, 3.05) is 25.6 Å². The van der Waals surface area contributed by atoms with Crippen molar-refractivity contribution in [3.05, 3.63) is 72.3 Å². The third-order valence-corrected chi connectivity index (χ3v) is 5.07. The number of nitrogens with zero attached hydrogens (tertiary/aromatic N) is 1. The van der Waals surface area contributed by atoms with Crippen LogP contribution >= 0.6 is 0 Å². The summed E-state index contributed by atoms with van der Waals surface area (Å²) >= 11 is 0. The summed E-state index contributed by atoms with van der Waals surface area (Å²) < 4.78 is 16.5. The van der Waals surface area contributed by atoms with Crippen LogP contribution in [0.25, 0.3) is 28.5 Å². The molecule has 1 aromatic heterocycles. The van der Waals surface area contributed by atoms with Crippen molar-refractivity contribution >= 4 is 28.7 Å². The number of nitrogens with one attached hydrogen (secondary N) is 2. The van der Waals surface area contributed by atoms with Crippen LogP contribution in [0.4, 0.5) is 5.69 Å². The fraction of sp³-hybridized carbons (Fsp3) is 0.120. The van der Waals surface area contributed by atoms with Crippen LogP contribution in [-0.4, -0.2) is 36.2 Å². The van der Waals surface area contributed by atoms with Gasteiger partial charge in [-0.3, -0.25) is 4.79 Å². The summed E-state index contributed by atoms with van der Waals surface area (Å²) in [5.74, 6) is 2.63. The minimum absolute atomic E-state index is 0.225. The van der Waals surface area contributed by atoms with E-state index >= 15 is 0 Å². The molecule has 0 saturated carbocycles. The van der Waals surface area contributed by atoms with E-state index in [0.717, 1.165) is 27.9 Å². The van der Waals surface area contributed by atoms with Gasteiger partial charge in [-0.25, -0.2) is 4.98 Å². The van der Waals surface area contributed by atoms with E-state index in [4.69, 9.17) is 14.2 Å². The Bertz CT molecular complexity index is 1280. The molecule has 7 heteroatoms. The van der Waals surface area contributed by atoms with E-state index in [1.807, 2.05) is 60.7 Å². The molecule has 7 nitrogen and oxygen atoms in total. The lowest BCUT2D eigenvalue weighted by atomic mass is 10.2. The minimum Gasteiger partial charge on any atom is -0.497 e. The third-order valence-electron chi connectivity index (χ3n) is 5.07. The van der Waals surface area contributed by atoms with E-state index < -0.39 is 0 Å². The van der Waals surface area contributed by atoms with E-state index in [1.165, 1.54) is 6.08 Å². The van der Waals surface area contributed by atoms with Crippen molar-refractivity contribution < 1.29 is 19.0 Å². The van der Waals surface area contributed by atoms with Crippen LogP contribution in [-0.2, 0) is 4.79 Å². The highest BCUT2D eigenvalue weighted by atomic mass is 16.6. The number of imidazole rings is 1. The molecule has 1 aliphatic rings. The summed E-state index contributed by atoms with van der Waals surface area (Å²) in [6, 6.07) is 18.8. The summed E-state index contributed by atoms with van der Waals surface area (Å²) in [4.78, 5) is 20.4. The van der Waals surface area contributed by atoms with E-state index in [9.17, 15) is 4.79 Å². The molecule has 0 fully saturated rings. The number of amides is 1. The molecule has 4 aromatic rings. The predicted molar refractivity (Wildman–Crippen MR) is 123 cm³/mol. The molecule has 0 radical (unpaired) electrons. The molecule has 32 heavy (non-hydrogen) atoms. The molecule has 0 bridgehead atoms. The minimum atomic E-state index is -0.225. The molecule has 0 spiro atoms. The topological polar surface area (TPSA) is 85.5 Å². The first-order chi connectivity index (χ1) is 15.7. The number of H-pyrrole nitrogens is 1. The average Bonchev–Trinajstić information content (AvgIpc) is 3.24. The van der Waals surface area contributed by atoms with Crippen molar-refractivity contribution in [3.63, 3.8) is 0 Å². The number of carbonyl (C=O) groups excluding carboxylic acids is 1. The molecule has 2 heterocycles. The maximum absolute atomic E-state index is 12.4. The first kappa shape index (κ1) is 19.7. The number of aromatic nitrogens is 2. The van der Waals surface area contributed by atoms with Gasteiger partial charge in [0, 0.05) is 29.5 Å². The largest absolute Gasteiger partial charge is 0.497 e. The Morgan fingerprint density at radius 1 is 1.06 bits per heavy atom. The highest BCUT2D eigenvalue weighted by Gasteiger charge is 2.15. The zero-order chi connectivity index (χ0) is 21.9. The van der Waals surface area contributed by atoms with Crippen LogP contribution in [0.5, 0.6) is 17.2 Å². The molecule has 1 aliphatic heterocycles. The number of carbonyl (C=O) groups is 1. The van der Waals surface area contributed by atoms with Gasteiger partial charge >= 0.3 is 0 Å². The van der Waals surface area contributed by atoms with Crippen LogP contribution in [0.15, 0.2) is 66.7 Å². The third kappa shape index (κ3) is 4.13. The van der Waals surface area contributed by atoms with E-state index in [0.29, 0.717) is 36.2 Å². The van der Waals surface area contributed by atoms with Crippen molar-refractivity contribution in [3.8, 4) is 28.6 Å². The lowest BCUT2D eigenvalue weighted by molar-refractivity contribution is -0.111. The lowest BCUT2D eigenvalue weighted by Gasteiger charge is -2.17. The Kier molecular flexibility index (Phi) is 5.21. The number of fused-ring (bicyclic) bond motifs is 2. The number of hydrogen-bond acceptors (Lipinski definition) is 5. The number of ether oxygens (including phenoxy) is 3. The molecular weight excluding hydrogens is 406 g/mol. The summed E-state index contributed by atoms with van der Waals surface area (Å²) in [6.45, 7) is 1.07. The fourth-order valence-electron chi connectivity index (χ4n) is 3.53. The first-order valence-corrected chi connectivity index (χ1v) is 10.2. The van der Waals surface area contributed by atoms with Crippen LogP contribution in [0, 0.1) is 0 Å². The van der Waals surface area contributed by atoms with Gasteiger partial charge < -0.3 is 24.5 Å². The number of methoxy groups -OCH3 is 1. The van der Waals surface area contributed by atoms with Crippen LogP contribution in [0.3, 0.4) is 0 Å². The smallest absolute Gasteiger partial charge is 0.248 e. The van der Waals surface area contributed by atoms with Crippen LogP contribution in [0.1, 0.15) is 5.56 Å². The maximum atomic E-state index is 12.4. The van der Waals surface area contributed by atoms with Gasteiger partial charge in [0.05, 0.1) is 18.1 Å². The molecule has 160 valence electrons. The fourth-order valence-corrected chi connectivity index (χ4v) is 3.53. The summed E-state index contributed by atoms with van der Waals surface area (Å²) in [5, 5.41) is 2.89. The first-order valence-electron chi connectivity index (χ1n) is 10.2. The lowest BCUT2D eigenvalue weighted by Crippen LogP contribution is -2.15. The second-order valence-corrected chi connectivity index (χ2v) is 7.28. The van der Waals surface area contributed by atoms with E-state index in [1.54, 1.807) is 13.2 Å². The highest BCUT2D eigenvalue weighted by Crippen LogP contribution is 2.35. The molecule has 0 aliphatic carbocycles. The van der Waals surface area contributed by atoms with E-state index in [2.05, 4.69) is 15.3 Å². The number of aromatic amines is 1. The maximum Gasteiger partial charge on any atom is 0.248 e. The van der Waals surface area contributed by atoms with Gasteiger partial charge in [0.25, 0.3) is 0 Å². The van der Waals surface area contributed by atoms with Gasteiger partial charge in [-0.1, -0.05) is 24.3 Å². The van der Waals surface area contributed by atoms with Crippen molar-refractivity contribution in [1.29, 1.82) is 0 Å². The van der Waals surface area contributed by atoms with E-state index in [-0.39, 0.29) is 5.91 Å². The molecule has 2 N–H and O–H groups in total. The normalized spacial score (nSPS) is 12.8. The van der Waals surface area contributed by atoms with Crippen LogP contribution in [0.2, 0.25) is 0 Å². The Morgan fingerprint density at radius 2 is 1.88 bits per heavy atom. The van der Waals surface area contributed by atoms with Crippen molar-refractivity contribution in [2.45, 2.75) is 0 Å². The molecule has 0 saturated heterocycles. The number of hydrogen-bond donors (Lipinski definition) is 2. The molecule has 3 aromatic carbocycles. The standard InChI is InChI=1S/C25H21N3O4/c1-30-19-7-2-4-16(12-19)8-9-24(29)26-18-6-3-5-17(13-18)25-27-20-14-22-23(15-21(20)28-25)32-11-10-31-22/h2-9,12-15H,10-11H2,1H3,(H,26,29)(H,27,28)/b9-8+. The monoisotopic (exact) mass is 427 g/mol. The molecule has 0 unspecified atom stereocenters. The molecular formula is C25H21N3O4. The van der Waals surface area contributed by atoms with Crippen LogP contribution < -0.4 is 19.5 Å². The Morgan fingerprint density at radius 3 is 2.72 bits per heavy atom. The Balaban J connectivity index is 1.34. The summed E-state index contributed by atoms with van der Waals surface area (Å²) in [6.07, 6.45) is 3.24. The van der Waals surface area contributed by atoms with Gasteiger partial charge in [-0.15, -0.1) is 0 Å². The Labute approximate surface area is 184 Å². The average molecular weight is 427 g/mol. The van der Waals surface area contributed by atoms with Gasteiger partial charge in [-0.05, 0) is 35.9 Å². The quantitative estimate of drug-likeness (QED) is 0.453. The van der Waals surface area contributed by atoms with Gasteiger partial charge in [0.2, 0.25) is 5.91 Å². The molecule has 1 amide bonds. The van der Waals surface area contributed by atoms with Gasteiger partial charge in [0.15, 0.2) is 11.5 Å². The van der Waals surface area contributed by atoms with Gasteiger partial charge in [0.1, 0.15) is 24.8 Å². The number of benzene rings is 3. The highest BCUT2D eigenvalue weighted by molar-refractivity contribution is 6.02. The predicted octanol–water partition coefficient (Wildman–Crippen LogP) is 4.66. The second kappa shape index (κ2) is 8.47. The summed E-state index contributed by atoms with van der Waals surface area (Å²) in [7, 11) is 1.61. The number of rotatable bonds is 5. The SMILES string of the molecule is COc1cccc(/C=C/C(=O)Nc2cccc(-c3nc4cc5c(cc4[nH]3)OCCO5)c2)c1.